The lowest BCUT2D eigenvalue weighted by Gasteiger charge is -2.28. The van der Waals surface area contributed by atoms with Gasteiger partial charge in [0.15, 0.2) is 5.65 Å². The van der Waals surface area contributed by atoms with Crippen LogP contribution in [-0.4, -0.2) is 75.2 Å². The number of hydrogen-bond donors (Lipinski definition) is 1. The number of hydrogen-bond acceptors (Lipinski definition) is 9. The SMILES string of the molecule is c1cc(N2CCOCC2)nc(NC2CCN(c3ccc4nncn4n3)C2)n1. The van der Waals surface area contributed by atoms with Gasteiger partial charge in [0, 0.05) is 38.4 Å². The van der Waals surface area contributed by atoms with E-state index in [9.17, 15) is 0 Å². The van der Waals surface area contributed by atoms with Crippen LogP contribution >= 0.6 is 0 Å². The number of morpholine rings is 1. The molecule has 10 nitrogen and oxygen atoms in total. The van der Waals surface area contributed by atoms with Gasteiger partial charge in [-0.05, 0) is 24.6 Å². The molecule has 0 saturated carbocycles. The molecule has 2 aliphatic rings. The monoisotopic (exact) mass is 367 g/mol. The van der Waals surface area contributed by atoms with Gasteiger partial charge in [0.25, 0.3) is 0 Å². The van der Waals surface area contributed by atoms with Crippen molar-refractivity contribution in [1.82, 2.24) is 29.8 Å². The molecule has 2 saturated heterocycles. The third kappa shape index (κ3) is 3.35. The fourth-order valence-electron chi connectivity index (χ4n) is 3.54. The number of nitrogens with one attached hydrogen (secondary N) is 1. The van der Waals surface area contributed by atoms with Gasteiger partial charge in [0.1, 0.15) is 18.0 Å². The lowest BCUT2D eigenvalue weighted by molar-refractivity contribution is 0.122. The molecule has 0 amide bonds. The Morgan fingerprint density at radius 3 is 2.89 bits per heavy atom. The van der Waals surface area contributed by atoms with Crippen LogP contribution in [0.15, 0.2) is 30.7 Å². The molecule has 0 radical (unpaired) electrons. The summed E-state index contributed by atoms with van der Waals surface area (Å²) in [5, 5.41) is 15.9. The Hall–Kier alpha value is -3.01. The van der Waals surface area contributed by atoms with Crippen LogP contribution in [0, 0.1) is 0 Å². The summed E-state index contributed by atoms with van der Waals surface area (Å²) in [6.07, 6.45) is 4.44. The normalized spacial score (nSPS) is 20.4. The Morgan fingerprint density at radius 2 is 1.96 bits per heavy atom. The number of rotatable bonds is 4. The van der Waals surface area contributed by atoms with Crippen LogP contribution in [0.25, 0.3) is 5.65 Å². The van der Waals surface area contributed by atoms with E-state index in [1.165, 1.54) is 0 Å². The fraction of sp³-hybridized carbons (Fsp3) is 0.471. The van der Waals surface area contributed by atoms with Crippen LogP contribution in [0.5, 0.6) is 0 Å². The largest absolute Gasteiger partial charge is 0.378 e. The lowest BCUT2D eigenvalue weighted by atomic mass is 10.3. The molecule has 5 rings (SSSR count). The minimum atomic E-state index is 0.281. The molecular weight excluding hydrogens is 346 g/mol. The molecule has 5 heterocycles. The Labute approximate surface area is 156 Å². The first-order chi connectivity index (χ1) is 13.3. The second-order valence-electron chi connectivity index (χ2n) is 6.74. The van der Waals surface area contributed by atoms with E-state index in [2.05, 4.69) is 40.4 Å². The van der Waals surface area contributed by atoms with Gasteiger partial charge in [-0.1, -0.05) is 0 Å². The quantitative estimate of drug-likeness (QED) is 0.704. The van der Waals surface area contributed by atoms with Crippen molar-refractivity contribution in [2.45, 2.75) is 12.5 Å². The van der Waals surface area contributed by atoms with Gasteiger partial charge in [-0.3, -0.25) is 0 Å². The molecule has 0 aliphatic carbocycles. The maximum atomic E-state index is 5.41. The Morgan fingerprint density at radius 1 is 1.04 bits per heavy atom. The molecule has 0 spiro atoms. The van der Waals surface area contributed by atoms with E-state index in [4.69, 9.17) is 4.74 Å². The van der Waals surface area contributed by atoms with Gasteiger partial charge in [-0.25, -0.2) is 4.98 Å². The second-order valence-corrected chi connectivity index (χ2v) is 6.74. The zero-order chi connectivity index (χ0) is 18.1. The van der Waals surface area contributed by atoms with Crippen molar-refractivity contribution in [3.63, 3.8) is 0 Å². The third-order valence-electron chi connectivity index (χ3n) is 4.97. The van der Waals surface area contributed by atoms with Crippen molar-refractivity contribution in [3.8, 4) is 0 Å². The van der Waals surface area contributed by atoms with Gasteiger partial charge in [-0.15, -0.1) is 15.3 Å². The average Bonchev–Trinajstić information content (AvgIpc) is 3.37. The summed E-state index contributed by atoms with van der Waals surface area (Å²) in [5.74, 6) is 2.55. The van der Waals surface area contributed by atoms with E-state index in [0.717, 1.165) is 63.1 Å². The zero-order valence-corrected chi connectivity index (χ0v) is 14.9. The van der Waals surface area contributed by atoms with E-state index < -0.39 is 0 Å². The summed E-state index contributed by atoms with van der Waals surface area (Å²) in [7, 11) is 0. The van der Waals surface area contributed by atoms with Crippen LogP contribution in [0.3, 0.4) is 0 Å². The van der Waals surface area contributed by atoms with E-state index in [0.29, 0.717) is 5.95 Å². The first-order valence-corrected chi connectivity index (χ1v) is 9.19. The maximum absolute atomic E-state index is 5.41. The van der Waals surface area contributed by atoms with Crippen LogP contribution in [0.4, 0.5) is 17.6 Å². The summed E-state index contributed by atoms with van der Waals surface area (Å²) >= 11 is 0. The standard InChI is InChI=1S/C17H21N9O/c1-2-16(23-26-12-19-22-15(1)26)25-6-4-13(11-25)20-17-18-5-3-14(21-17)24-7-9-27-10-8-24/h1-3,5,12-13H,4,6-11H2,(H,18,20,21). The summed E-state index contributed by atoms with van der Waals surface area (Å²) in [4.78, 5) is 13.6. The zero-order valence-electron chi connectivity index (χ0n) is 14.9. The molecule has 1 N–H and O–H groups in total. The predicted octanol–water partition coefficient (Wildman–Crippen LogP) is 0.442. The number of ether oxygens (including phenoxy) is 1. The van der Waals surface area contributed by atoms with Crippen molar-refractivity contribution >= 4 is 23.2 Å². The summed E-state index contributed by atoms with van der Waals surface area (Å²) < 4.78 is 7.11. The maximum Gasteiger partial charge on any atom is 0.224 e. The molecule has 2 aliphatic heterocycles. The minimum Gasteiger partial charge on any atom is -0.378 e. The molecule has 3 aromatic heterocycles. The van der Waals surface area contributed by atoms with Crippen LogP contribution in [-0.2, 0) is 4.74 Å². The van der Waals surface area contributed by atoms with Crippen molar-refractivity contribution in [2.24, 2.45) is 0 Å². The van der Waals surface area contributed by atoms with Crippen LogP contribution in [0.2, 0.25) is 0 Å². The molecule has 3 aromatic rings. The highest BCUT2D eigenvalue weighted by Gasteiger charge is 2.25. The number of fused-ring (bicyclic) bond motifs is 1. The molecule has 0 bridgehead atoms. The second kappa shape index (κ2) is 6.95. The third-order valence-corrected chi connectivity index (χ3v) is 4.97. The molecule has 1 atom stereocenters. The van der Waals surface area contributed by atoms with Crippen LogP contribution < -0.4 is 15.1 Å². The lowest BCUT2D eigenvalue weighted by Crippen LogP contribution is -2.37. The minimum absolute atomic E-state index is 0.281. The first kappa shape index (κ1) is 16.2. The van der Waals surface area contributed by atoms with E-state index in [-0.39, 0.29) is 6.04 Å². The van der Waals surface area contributed by atoms with Crippen LogP contribution in [0.1, 0.15) is 6.42 Å². The summed E-state index contributed by atoms with van der Waals surface area (Å²) in [5.41, 5.74) is 0.751. The Kier molecular flexibility index (Phi) is 4.17. The highest BCUT2D eigenvalue weighted by Crippen LogP contribution is 2.21. The Balaban J connectivity index is 1.25. The number of nitrogens with zero attached hydrogens (tertiary/aromatic N) is 8. The van der Waals surface area contributed by atoms with Crippen molar-refractivity contribution < 1.29 is 4.74 Å². The van der Waals surface area contributed by atoms with Crippen molar-refractivity contribution in [2.75, 3.05) is 54.5 Å². The molecule has 2 fully saturated rings. The number of aromatic nitrogens is 6. The first-order valence-electron chi connectivity index (χ1n) is 9.19. The van der Waals surface area contributed by atoms with E-state index >= 15 is 0 Å². The van der Waals surface area contributed by atoms with Gasteiger partial charge in [0.2, 0.25) is 5.95 Å². The van der Waals surface area contributed by atoms with Crippen molar-refractivity contribution in [1.29, 1.82) is 0 Å². The van der Waals surface area contributed by atoms with E-state index in [1.54, 1.807) is 10.8 Å². The van der Waals surface area contributed by atoms with E-state index in [1.807, 2.05) is 24.4 Å². The molecule has 140 valence electrons. The van der Waals surface area contributed by atoms with Gasteiger partial charge < -0.3 is 19.9 Å². The fourth-order valence-corrected chi connectivity index (χ4v) is 3.54. The topological polar surface area (TPSA) is 96.6 Å². The average molecular weight is 367 g/mol. The Bertz CT molecular complexity index is 923. The van der Waals surface area contributed by atoms with Crippen molar-refractivity contribution in [3.05, 3.63) is 30.7 Å². The predicted molar refractivity (Wildman–Crippen MR) is 100 cm³/mol. The molecule has 10 heteroatoms. The summed E-state index contributed by atoms with van der Waals surface area (Å²) in [6, 6.07) is 6.16. The van der Waals surface area contributed by atoms with Gasteiger partial charge in [0.05, 0.1) is 13.2 Å². The van der Waals surface area contributed by atoms with Gasteiger partial charge in [-0.2, -0.15) is 9.50 Å². The summed E-state index contributed by atoms with van der Waals surface area (Å²) in [6.45, 7) is 5.01. The highest BCUT2D eigenvalue weighted by molar-refractivity contribution is 5.47. The molecular formula is C17H21N9O. The van der Waals surface area contributed by atoms with Gasteiger partial charge >= 0.3 is 0 Å². The molecule has 27 heavy (non-hydrogen) atoms. The molecule has 1 unspecified atom stereocenters. The smallest absolute Gasteiger partial charge is 0.224 e. The molecule has 0 aromatic carbocycles. The highest BCUT2D eigenvalue weighted by atomic mass is 16.5. The number of anilines is 3.